The summed E-state index contributed by atoms with van der Waals surface area (Å²) in [6.07, 6.45) is 9.27. The fraction of sp³-hybridized carbons (Fsp3) is 0.370. The number of hydrogen-bond acceptors (Lipinski definition) is 4. The molecule has 0 saturated carbocycles. The van der Waals surface area contributed by atoms with Crippen LogP contribution in [0.5, 0.6) is 0 Å². The number of amides is 1. The van der Waals surface area contributed by atoms with Gasteiger partial charge in [-0.15, -0.1) is 0 Å². The summed E-state index contributed by atoms with van der Waals surface area (Å²) in [5.74, 6) is 1.53. The van der Waals surface area contributed by atoms with E-state index in [-0.39, 0.29) is 11.7 Å². The number of ether oxygens (including phenoxy) is 1. The second-order valence-corrected chi connectivity index (χ2v) is 9.46. The Morgan fingerprint density at radius 2 is 1.77 bits per heavy atom. The highest BCUT2D eigenvalue weighted by molar-refractivity contribution is 5.94. The zero-order valence-corrected chi connectivity index (χ0v) is 19.5. The Balaban J connectivity index is 1.14. The van der Waals surface area contributed by atoms with Gasteiger partial charge in [-0.3, -0.25) is 4.79 Å². The van der Waals surface area contributed by atoms with Gasteiger partial charge in [0, 0.05) is 56.5 Å². The number of likely N-dealkylation sites (tertiary alicyclic amines) is 1. The molecular formula is C27H28FN5O2. The van der Waals surface area contributed by atoms with E-state index < -0.39 is 0 Å². The van der Waals surface area contributed by atoms with Gasteiger partial charge in [-0.1, -0.05) is 0 Å². The number of hydrogen-bond donors (Lipinski definition) is 1. The van der Waals surface area contributed by atoms with Crippen molar-refractivity contribution in [2.24, 2.45) is 0 Å². The van der Waals surface area contributed by atoms with Gasteiger partial charge >= 0.3 is 0 Å². The number of halogens is 1. The summed E-state index contributed by atoms with van der Waals surface area (Å²) in [5, 5.41) is 0. The number of carbonyl (C=O) groups excluding carboxylic acids is 1. The van der Waals surface area contributed by atoms with Crippen LogP contribution >= 0.6 is 0 Å². The molecule has 4 aromatic rings. The summed E-state index contributed by atoms with van der Waals surface area (Å²) in [6.45, 7) is 2.97. The third-order valence-electron chi connectivity index (χ3n) is 7.34. The van der Waals surface area contributed by atoms with Gasteiger partial charge in [-0.2, -0.15) is 0 Å². The number of nitrogens with zero attached hydrogens (tertiary/aromatic N) is 4. The maximum Gasteiger partial charge on any atom is 0.255 e. The molecule has 0 unspecified atom stereocenters. The highest BCUT2D eigenvalue weighted by Gasteiger charge is 2.28. The van der Waals surface area contributed by atoms with Crippen LogP contribution in [0.2, 0.25) is 0 Å². The molecule has 0 atom stereocenters. The minimum Gasteiger partial charge on any atom is -0.381 e. The highest BCUT2D eigenvalue weighted by atomic mass is 19.1. The number of carbonyl (C=O) groups is 1. The van der Waals surface area contributed by atoms with Crippen LogP contribution in [0.25, 0.3) is 16.9 Å². The number of piperidine rings is 1. The van der Waals surface area contributed by atoms with Crippen LogP contribution in [0, 0.1) is 5.82 Å². The molecule has 2 fully saturated rings. The minimum absolute atomic E-state index is 0.0348. The Kier molecular flexibility index (Phi) is 5.82. The number of pyridine rings is 1. The number of aromatic nitrogens is 4. The lowest BCUT2D eigenvalue weighted by atomic mass is 9.89. The molecular weight excluding hydrogens is 445 g/mol. The van der Waals surface area contributed by atoms with Gasteiger partial charge < -0.3 is 19.2 Å². The predicted molar refractivity (Wildman–Crippen MR) is 130 cm³/mol. The van der Waals surface area contributed by atoms with Crippen LogP contribution in [0.3, 0.4) is 0 Å². The van der Waals surface area contributed by atoms with E-state index in [9.17, 15) is 9.18 Å². The van der Waals surface area contributed by atoms with Crippen molar-refractivity contribution in [2.45, 2.75) is 37.5 Å². The average Bonchev–Trinajstić information content (AvgIpc) is 3.57. The van der Waals surface area contributed by atoms with Gasteiger partial charge in [0.15, 0.2) is 5.65 Å². The fourth-order valence-electron chi connectivity index (χ4n) is 5.33. The van der Waals surface area contributed by atoms with Gasteiger partial charge in [0.1, 0.15) is 11.6 Å². The van der Waals surface area contributed by atoms with E-state index in [0.29, 0.717) is 30.5 Å². The van der Waals surface area contributed by atoms with Gasteiger partial charge in [0.2, 0.25) is 0 Å². The van der Waals surface area contributed by atoms with E-state index in [1.165, 1.54) is 17.7 Å². The van der Waals surface area contributed by atoms with E-state index in [1.807, 2.05) is 34.1 Å². The molecule has 35 heavy (non-hydrogen) atoms. The number of imidazole rings is 1. The molecule has 6 rings (SSSR count). The monoisotopic (exact) mass is 473 g/mol. The van der Waals surface area contributed by atoms with Crippen LogP contribution in [0.1, 0.15) is 59.3 Å². The molecule has 0 spiro atoms. The Labute approximate surface area is 202 Å². The standard InChI is InChI=1S/C27H28FN5O2/c28-21-1-3-22(4-2-21)33-14-8-20(17-33)27(34)32-12-6-18(7-13-32)23-5-11-29-26-24(23)30-25(31-26)19-9-15-35-16-10-19/h1-5,8,11,14,17-19H,6-7,9-10,12-13,15-16H2,(H,29,30,31). The summed E-state index contributed by atoms with van der Waals surface area (Å²) >= 11 is 0. The maximum absolute atomic E-state index is 13.2. The molecule has 0 radical (unpaired) electrons. The molecule has 0 bridgehead atoms. The molecule has 8 heteroatoms. The van der Waals surface area contributed by atoms with Gasteiger partial charge in [0.25, 0.3) is 5.91 Å². The quantitative estimate of drug-likeness (QED) is 0.462. The normalized spacial score (nSPS) is 17.8. The maximum atomic E-state index is 13.2. The summed E-state index contributed by atoms with van der Waals surface area (Å²) in [4.78, 5) is 28.0. The summed E-state index contributed by atoms with van der Waals surface area (Å²) in [6, 6.07) is 10.2. The zero-order valence-electron chi connectivity index (χ0n) is 19.5. The molecule has 5 heterocycles. The molecule has 2 aliphatic rings. The Morgan fingerprint density at radius 3 is 2.54 bits per heavy atom. The number of aromatic amines is 1. The Morgan fingerprint density at radius 1 is 1.00 bits per heavy atom. The number of benzene rings is 1. The third-order valence-corrected chi connectivity index (χ3v) is 7.34. The summed E-state index contributed by atoms with van der Waals surface area (Å²) in [7, 11) is 0. The van der Waals surface area contributed by atoms with Crippen LogP contribution in [-0.4, -0.2) is 56.6 Å². The van der Waals surface area contributed by atoms with Crippen molar-refractivity contribution in [1.82, 2.24) is 24.4 Å². The Hall–Kier alpha value is -3.52. The molecule has 0 aliphatic carbocycles. The number of rotatable bonds is 4. The van der Waals surface area contributed by atoms with Gasteiger partial charge in [0.05, 0.1) is 11.1 Å². The molecule has 2 aliphatic heterocycles. The molecule has 2 saturated heterocycles. The topological polar surface area (TPSA) is 76.0 Å². The lowest BCUT2D eigenvalue weighted by molar-refractivity contribution is 0.0713. The number of fused-ring (bicyclic) bond motifs is 1. The number of nitrogens with one attached hydrogen (secondary N) is 1. The third kappa shape index (κ3) is 4.34. The van der Waals surface area contributed by atoms with E-state index in [0.717, 1.165) is 61.6 Å². The van der Waals surface area contributed by atoms with Gasteiger partial charge in [-0.05, 0) is 73.6 Å². The number of H-pyrrole nitrogens is 1. The van der Waals surface area contributed by atoms with Crippen molar-refractivity contribution in [3.8, 4) is 5.69 Å². The van der Waals surface area contributed by atoms with Crippen molar-refractivity contribution < 1.29 is 13.9 Å². The second kappa shape index (κ2) is 9.26. The lowest BCUT2D eigenvalue weighted by Crippen LogP contribution is -2.37. The van der Waals surface area contributed by atoms with Crippen molar-refractivity contribution in [3.05, 3.63) is 77.8 Å². The average molecular weight is 474 g/mol. The van der Waals surface area contributed by atoms with Crippen molar-refractivity contribution in [1.29, 1.82) is 0 Å². The van der Waals surface area contributed by atoms with Crippen LogP contribution < -0.4 is 0 Å². The summed E-state index contributed by atoms with van der Waals surface area (Å²) < 4.78 is 20.6. The van der Waals surface area contributed by atoms with Crippen molar-refractivity contribution in [2.75, 3.05) is 26.3 Å². The van der Waals surface area contributed by atoms with E-state index in [1.54, 1.807) is 12.1 Å². The first kappa shape index (κ1) is 22.0. The molecule has 1 aromatic carbocycles. The molecule has 3 aromatic heterocycles. The smallest absolute Gasteiger partial charge is 0.255 e. The lowest BCUT2D eigenvalue weighted by Gasteiger charge is -2.32. The fourth-order valence-corrected chi connectivity index (χ4v) is 5.33. The summed E-state index contributed by atoms with van der Waals surface area (Å²) in [5.41, 5.74) is 4.54. The molecule has 1 amide bonds. The van der Waals surface area contributed by atoms with Crippen LogP contribution in [0.15, 0.2) is 55.0 Å². The van der Waals surface area contributed by atoms with Crippen molar-refractivity contribution >= 4 is 17.1 Å². The first-order valence-electron chi connectivity index (χ1n) is 12.3. The second-order valence-electron chi connectivity index (χ2n) is 9.46. The zero-order chi connectivity index (χ0) is 23.8. The first-order valence-corrected chi connectivity index (χ1v) is 12.3. The molecule has 7 nitrogen and oxygen atoms in total. The predicted octanol–water partition coefficient (Wildman–Crippen LogP) is 4.80. The highest BCUT2D eigenvalue weighted by Crippen LogP contribution is 2.34. The minimum atomic E-state index is -0.276. The Bertz CT molecular complexity index is 1330. The molecule has 1 N–H and O–H groups in total. The van der Waals surface area contributed by atoms with E-state index in [4.69, 9.17) is 9.72 Å². The van der Waals surface area contributed by atoms with E-state index in [2.05, 4.69) is 16.0 Å². The van der Waals surface area contributed by atoms with Crippen LogP contribution in [0.4, 0.5) is 4.39 Å². The first-order chi connectivity index (χ1) is 17.2. The van der Waals surface area contributed by atoms with Crippen LogP contribution in [-0.2, 0) is 4.74 Å². The van der Waals surface area contributed by atoms with E-state index >= 15 is 0 Å². The van der Waals surface area contributed by atoms with Gasteiger partial charge in [-0.25, -0.2) is 14.4 Å². The molecule has 180 valence electrons. The SMILES string of the molecule is O=C(c1ccn(-c2ccc(F)cc2)c1)N1CCC(c2ccnc3nc(C4CCOCC4)[nH]c23)CC1. The largest absolute Gasteiger partial charge is 0.381 e. The van der Waals surface area contributed by atoms with Crippen molar-refractivity contribution in [3.63, 3.8) is 0 Å².